The Kier molecular flexibility index (Phi) is 4.98. The van der Waals surface area contributed by atoms with Gasteiger partial charge in [-0.25, -0.2) is 8.42 Å². The van der Waals surface area contributed by atoms with Gasteiger partial charge >= 0.3 is 0 Å². The van der Waals surface area contributed by atoms with Gasteiger partial charge in [0.1, 0.15) is 5.75 Å². The monoisotopic (exact) mass is 291 g/mol. The molecule has 0 unspecified atom stereocenters. The number of rotatable bonds is 5. The van der Waals surface area contributed by atoms with Crippen LogP contribution in [0, 0.1) is 0 Å². The van der Waals surface area contributed by atoms with Crippen molar-refractivity contribution in [2.75, 3.05) is 13.7 Å². The third kappa shape index (κ3) is 3.89. The van der Waals surface area contributed by atoms with Crippen molar-refractivity contribution in [3.05, 3.63) is 23.8 Å². The molecule has 0 spiro atoms. The van der Waals surface area contributed by atoms with Crippen molar-refractivity contribution in [1.82, 2.24) is 5.32 Å². The van der Waals surface area contributed by atoms with Gasteiger partial charge < -0.3 is 10.1 Å². The zero-order chi connectivity index (χ0) is 13.8. The molecule has 0 aliphatic heterocycles. The van der Waals surface area contributed by atoms with E-state index in [1.54, 1.807) is 0 Å². The van der Waals surface area contributed by atoms with Gasteiger partial charge in [-0.05, 0) is 30.2 Å². The molecule has 0 bridgehead atoms. The van der Waals surface area contributed by atoms with E-state index in [4.69, 9.17) is 15.4 Å². The van der Waals surface area contributed by atoms with Crippen LogP contribution in [-0.2, 0) is 20.3 Å². The average molecular weight is 292 g/mol. The van der Waals surface area contributed by atoms with Crippen molar-refractivity contribution in [2.45, 2.75) is 18.2 Å². The minimum atomic E-state index is -3.75. The van der Waals surface area contributed by atoms with Crippen LogP contribution in [0.25, 0.3) is 0 Å². The maximum atomic E-state index is 11.2. The summed E-state index contributed by atoms with van der Waals surface area (Å²) < 4.78 is 27.7. The Labute approximate surface area is 111 Å². The zero-order valence-electron chi connectivity index (χ0n) is 10.1. The Balaban J connectivity index is 2.97. The third-order valence-electron chi connectivity index (χ3n) is 2.33. The van der Waals surface area contributed by atoms with E-state index in [0.717, 1.165) is 0 Å². The topological polar surface area (TPSA) is 72.5 Å². The Morgan fingerprint density at radius 2 is 2.11 bits per heavy atom. The van der Waals surface area contributed by atoms with Gasteiger partial charge in [-0.15, -0.1) is 0 Å². The second kappa shape index (κ2) is 6.06. The lowest BCUT2D eigenvalue weighted by Gasteiger charge is -2.10. The molecule has 0 fully saturated rings. The average Bonchev–Trinajstić information content (AvgIpc) is 2.34. The normalized spacial score (nSPS) is 11.1. The number of halogens is 1. The minimum absolute atomic E-state index is 0.0216. The lowest BCUT2D eigenvalue weighted by molar-refractivity contribution is -0.122. The second-order valence-corrected chi connectivity index (χ2v) is 6.09. The highest BCUT2D eigenvalue weighted by Crippen LogP contribution is 2.25. The predicted octanol–water partition coefficient (Wildman–Crippen LogP) is 1.30. The molecule has 1 aromatic carbocycles. The molecule has 1 N–H and O–H groups in total. The Morgan fingerprint density at radius 1 is 1.44 bits per heavy atom. The van der Waals surface area contributed by atoms with E-state index in [1.165, 1.54) is 25.2 Å². The van der Waals surface area contributed by atoms with Crippen molar-refractivity contribution >= 4 is 25.6 Å². The summed E-state index contributed by atoms with van der Waals surface area (Å²) in [7, 11) is 3.02. The molecule has 0 aliphatic rings. The van der Waals surface area contributed by atoms with Gasteiger partial charge in [-0.3, -0.25) is 4.79 Å². The number of carbonyl (C=O) groups excluding carboxylic acids is 1. The van der Waals surface area contributed by atoms with E-state index in [0.29, 0.717) is 17.7 Å². The van der Waals surface area contributed by atoms with Gasteiger partial charge in [0.15, 0.2) is 6.61 Å². The first-order chi connectivity index (χ1) is 8.38. The number of nitrogens with one attached hydrogen (secondary N) is 1. The van der Waals surface area contributed by atoms with E-state index in [-0.39, 0.29) is 17.4 Å². The lowest BCUT2D eigenvalue weighted by atomic mass is 10.1. The Morgan fingerprint density at radius 3 is 2.61 bits per heavy atom. The number of amides is 1. The minimum Gasteiger partial charge on any atom is -0.483 e. The first kappa shape index (κ1) is 14.8. The van der Waals surface area contributed by atoms with E-state index in [9.17, 15) is 13.2 Å². The molecule has 0 saturated heterocycles. The van der Waals surface area contributed by atoms with Gasteiger partial charge in [0.2, 0.25) is 0 Å². The number of ether oxygens (including phenoxy) is 1. The van der Waals surface area contributed by atoms with Crippen LogP contribution in [0.3, 0.4) is 0 Å². The molecule has 0 atom stereocenters. The van der Waals surface area contributed by atoms with Crippen molar-refractivity contribution in [3.8, 4) is 5.75 Å². The fourth-order valence-corrected chi connectivity index (χ4v) is 2.14. The molecule has 0 aromatic heterocycles. The first-order valence-corrected chi connectivity index (χ1v) is 7.60. The highest BCUT2D eigenvalue weighted by Gasteiger charge is 2.13. The number of benzene rings is 1. The molecule has 0 saturated carbocycles. The third-order valence-corrected chi connectivity index (χ3v) is 3.68. The smallest absolute Gasteiger partial charge is 0.261 e. The van der Waals surface area contributed by atoms with Crippen LogP contribution >= 0.6 is 10.7 Å². The second-order valence-electron chi connectivity index (χ2n) is 3.52. The zero-order valence-corrected chi connectivity index (χ0v) is 11.6. The van der Waals surface area contributed by atoms with Gasteiger partial charge in [-0.1, -0.05) is 6.92 Å². The van der Waals surface area contributed by atoms with Crippen LogP contribution < -0.4 is 10.1 Å². The highest BCUT2D eigenvalue weighted by molar-refractivity contribution is 8.13. The van der Waals surface area contributed by atoms with Crippen molar-refractivity contribution in [2.24, 2.45) is 0 Å². The number of likely N-dealkylation sites (N-methyl/N-ethyl adjacent to an activating group) is 1. The summed E-state index contributed by atoms with van der Waals surface area (Å²) >= 11 is 0. The molecule has 1 rings (SSSR count). The SMILES string of the molecule is CCc1cc(S(=O)(=O)Cl)ccc1OCC(=O)NC. The molecule has 0 heterocycles. The Bertz CT molecular complexity index is 542. The van der Waals surface area contributed by atoms with Gasteiger partial charge in [0.25, 0.3) is 15.0 Å². The molecule has 7 heteroatoms. The number of hydrogen-bond donors (Lipinski definition) is 1. The molecule has 18 heavy (non-hydrogen) atoms. The summed E-state index contributed by atoms with van der Waals surface area (Å²) in [5, 5.41) is 2.43. The summed E-state index contributed by atoms with van der Waals surface area (Å²) in [6.45, 7) is 1.74. The molecule has 0 aliphatic carbocycles. The summed E-state index contributed by atoms with van der Waals surface area (Å²) in [6, 6.07) is 4.29. The summed E-state index contributed by atoms with van der Waals surface area (Å²) in [4.78, 5) is 11.1. The molecule has 1 aromatic rings. The number of hydrogen-bond acceptors (Lipinski definition) is 4. The highest BCUT2D eigenvalue weighted by atomic mass is 35.7. The van der Waals surface area contributed by atoms with Crippen LogP contribution in [0.5, 0.6) is 5.75 Å². The molecular weight excluding hydrogens is 278 g/mol. The van der Waals surface area contributed by atoms with Crippen LogP contribution in [0.15, 0.2) is 23.1 Å². The standard InChI is InChI=1S/C11H14ClNO4S/c1-3-8-6-9(18(12,15)16)4-5-10(8)17-7-11(14)13-2/h4-6H,3,7H2,1-2H3,(H,13,14). The number of aryl methyl sites for hydroxylation is 1. The van der Waals surface area contributed by atoms with Crippen LogP contribution in [0.1, 0.15) is 12.5 Å². The van der Waals surface area contributed by atoms with Crippen LogP contribution in [0.2, 0.25) is 0 Å². The summed E-state index contributed by atoms with van der Waals surface area (Å²) in [5.74, 6) is 0.219. The quantitative estimate of drug-likeness (QED) is 0.830. The maximum Gasteiger partial charge on any atom is 0.261 e. The summed E-state index contributed by atoms with van der Waals surface area (Å²) in [5.41, 5.74) is 0.681. The predicted molar refractivity (Wildman–Crippen MR) is 68.4 cm³/mol. The maximum absolute atomic E-state index is 11.2. The van der Waals surface area contributed by atoms with Crippen molar-refractivity contribution in [3.63, 3.8) is 0 Å². The van der Waals surface area contributed by atoms with Crippen LogP contribution in [-0.4, -0.2) is 28.0 Å². The molecular formula is C11H14ClNO4S. The van der Waals surface area contributed by atoms with Gasteiger partial charge in [0.05, 0.1) is 4.90 Å². The van der Waals surface area contributed by atoms with Crippen molar-refractivity contribution < 1.29 is 17.9 Å². The fourth-order valence-electron chi connectivity index (χ4n) is 1.34. The molecule has 1 amide bonds. The fraction of sp³-hybridized carbons (Fsp3) is 0.364. The lowest BCUT2D eigenvalue weighted by Crippen LogP contribution is -2.25. The van der Waals surface area contributed by atoms with E-state index >= 15 is 0 Å². The Hall–Kier alpha value is -1.27. The van der Waals surface area contributed by atoms with E-state index in [2.05, 4.69) is 5.32 Å². The van der Waals surface area contributed by atoms with Crippen LogP contribution in [0.4, 0.5) is 0 Å². The largest absolute Gasteiger partial charge is 0.483 e. The first-order valence-electron chi connectivity index (χ1n) is 5.29. The molecule has 0 radical (unpaired) electrons. The van der Waals surface area contributed by atoms with Gasteiger partial charge in [-0.2, -0.15) is 0 Å². The van der Waals surface area contributed by atoms with E-state index < -0.39 is 9.05 Å². The van der Waals surface area contributed by atoms with E-state index in [1.807, 2.05) is 6.92 Å². The molecule has 100 valence electrons. The van der Waals surface area contributed by atoms with Gasteiger partial charge in [0, 0.05) is 17.7 Å². The summed E-state index contributed by atoms with van der Waals surface area (Å²) in [6.07, 6.45) is 0.573. The van der Waals surface area contributed by atoms with Crippen molar-refractivity contribution in [1.29, 1.82) is 0 Å². The number of carbonyl (C=O) groups is 1. The molecule has 5 nitrogen and oxygen atoms in total.